The molecule has 0 radical (unpaired) electrons. The summed E-state index contributed by atoms with van der Waals surface area (Å²) < 4.78 is 22.3. The van der Waals surface area contributed by atoms with Crippen molar-refractivity contribution in [3.63, 3.8) is 0 Å². The molecule has 12 nitrogen and oxygen atoms in total. The SMILES string of the molecule is CC(=O)[C@H](C)OC(=O)[C@@H](OC(=O)[C@@H](O)CC(=O)OC1=CC[C@@]2(O)[C@H]3Cc4ccc(O)c5c4[C@@]2(CCN3C)[C@H]1O5)c1ccccc1. The molecule has 2 aliphatic heterocycles. The summed E-state index contributed by atoms with van der Waals surface area (Å²) in [5.74, 6) is -3.39. The first-order chi connectivity index (χ1) is 21.4. The Morgan fingerprint density at radius 1 is 1.09 bits per heavy atom. The Kier molecular flexibility index (Phi) is 7.70. The molecule has 2 aromatic carbocycles. The number of aromatic hydroxyl groups is 1. The molecule has 12 heteroatoms. The maximum absolute atomic E-state index is 13.1. The van der Waals surface area contributed by atoms with Gasteiger partial charge in [0, 0.05) is 23.6 Å². The van der Waals surface area contributed by atoms with E-state index < -0.39 is 65.5 Å². The highest BCUT2D eigenvalue weighted by Crippen LogP contribution is 2.65. The van der Waals surface area contributed by atoms with E-state index in [2.05, 4.69) is 4.90 Å². The van der Waals surface area contributed by atoms with Crippen molar-refractivity contribution >= 4 is 23.7 Å². The third-order valence-electron chi connectivity index (χ3n) is 9.63. The number of ether oxygens (including phenoxy) is 4. The monoisotopic (exact) mass is 621 g/mol. The van der Waals surface area contributed by atoms with Gasteiger partial charge in [0.05, 0.1) is 17.4 Å². The number of Topliss-reactive ketones (excluding diaryl/α,β-unsaturated/α-hetero) is 1. The molecular weight excluding hydrogens is 586 g/mol. The fourth-order valence-electron chi connectivity index (χ4n) is 7.25. The van der Waals surface area contributed by atoms with Crippen LogP contribution in [0.15, 0.2) is 54.3 Å². The topological polar surface area (TPSA) is 169 Å². The summed E-state index contributed by atoms with van der Waals surface area (Å²) in [6.07, 6.45) is -3.64. The number of phenolic OH excluding ortho intramolecular Hbond substituents is 1. The predicted molar refractivity (Wildman–Crippen MR) is 155 cm³/mol. The van der Waals surface area contributed by atoms with E-state index in [1.807, 2.05) is 13.1 Å². The van der Waals surface area contributed by atoms with Gasteiger partial charge in [-0.3, -0.25) is 9.59 Å². The maximum Gasteiger partial charge on any atom is 0.352 e. The molecule has 0 amide bonds. The molecule has 3 N–H and O–H groups in total. The Hall–Kier alpha value is -4.26. The number of likely N-dealkylation sites (tertiary alicyclic amines) is 1. The van der Waals surface area contributed by atoms with Crippen molar-refractivity contribution < 1.29 is 53.4 Å². The molecule has 0 saturated carbocycles. The van der Waals surface area contributed by atoms with Crippen molar-refractivity contribution in [3.05, 3.63) is 71.0 Å². The van der Waals surface area contributed by atoms with Crippen molar-refractivity contribution in [1.29, 1.82) is 0 Å². The van der Waals surface area contributed by atoms with Gasteiger partial charge in [0.15, 0.2) is 35.6 Å². The van der Waals surface area contributed by atoms with Crippen molar-refractivity contribution in [2.75, 3.05) is 13.6 Å². The molecule has 7 atom stereocenters. The van der Waals surface area contributed by atoms with Crippen molar-refractivity contribution in [2.45, 2.75) is 81.0 Å². The summed E-state index contributed by atoms with van der Waals surface area (Å²) in [5.41, 5.74) is -0.320. The van der Waals surface area contributed by atoms with Gasteiger partial charge in [-0.1, -0.05) is 36.4 Å². The Morgan fingerprint density at radius 2 is 1.82 bits per heavy atom. The lowest BCUT2D eigenvalue weighted by molar-refractivity contribution is -0.179. The number of carbonyl (C=O) groups excluding carboxylic acids is 4. The molecule has 238 valence electrons. The van der Waals surface area contributed by atoms with Gasteiger partial charge in [-0.25, -0.2) is 9.59 Å². The first-order valence-corrected chi connectivity index (χ1v) is 14.9. The molecule has 2 bridgehead atoms. The second kappa shape index (κ2) is 11.3. The van der Waals surface area contributed by atoms with Crippen molar-refractivity contribution in [3.8, 4) is 11.5 Å². The van der Waals surface area contributed by atoms with Crippen LogP contribution in [0, 0.1) is 0 Å². The van der Waals surface area contributed by atoms with Gasteiger partial charge in [-0.2, -0.15) is 0 Å². The van der Waals surface area contributed by atoms with Crippen LogP contribution in [0.2, 0.25) is 0 Å². The highest BCUT2D eigenvalue weighted by molar-refractivity contribution is 5.87. The van der Waals surface area contributed by atoms with E-state index in [4.69, 9.17) is 18.9 Å². The zero-order valence-corrected chi connectivity index (χ0v) is 25.1. The molecule has 2 heterocycles. The quantitative estimate of drug-likeness (QED) is 0.275. The first kappa shape index (κ1) is 30.8. The number of ketones is 1. The van der Waals surface area contributed by atoms with Crippen LogP contribution in [-0.2, 0) is 45.2 Å². The lowest BCUT2D eigenvalue weighted by Gasteiger charge is -2.61. The minimum Gasteiger partial charge on any atom is -0.504 e. The molecule has 2 aliphatic carbocycles. The molecule has 1 saturated heterocycles. The highest BCUT2D eigenvalue weighted by Gasteiger charge is 2.72. The van der Waals surface area contributed by atoms with E-state index in [0.29, 0.717) is 19.4 Å². The number of piperidine rings is 1. The number of rotatable bonds is 9. The van der Waals surface area contributed by atoms with Gasteiger partial charge in [-0.15, -0.1) is 0 Å². The van der Waals surface area contributed by atoms with Gasteiger partial charge in [0.2, 0.25) is 6.10 Å². The third-order valence-corrected chi connectivity index (χ3v) is 9.63. The third kappa shape index (κ3) is 4.88. The molecule has 2 aromatic rings. The number of aliphatic hydroxyl groups excluding tert-OH is 1. The zero-order valence-electron chi connectivity index (χ0n) is 25.1. The van der Waals surface area contributed by atoms with E-state index >= 15 is 0 Å². The number of hydrogen-bond acceptors (Lipinski definition) is 12. The molecule has 4 aliphatic rings. The van der Waals surface area contributed by atoms with E-state index in [1.165, 1.54) is 26.0 Å². The van der Waals surface area contributed by atoms with Crippen LogP contribution >= 0.6 is 0 Å². The van der Waals surface area contributed by atoms with E-state index in [9.17, 15) is 34.5 Å². The smallest absolute Gasteiger partial charge is 0.352 e. The Morgan fingerprint density at radius 3 is 2.53 bits per heavy atom. The number of carbonyl (C=O) groups is 4. The van der Waals surface area contributed by atoms with Crippen LogP contribution in [0.1, 0.15) is 55.9 Å². The second-order valence-electron chi connectivity index (χ2n) is 12.2. The fourth-order valence-corrected chi connectivity index (χ4v) is 7.25. The predicted octanol–water partition coefficient (Wildman–Crippen LogP) is 1.77. The van der Waals surface area contributed by atoms with Crippen LogP contribution in [0.5, 0.6) is 11.5 Å². The number of esters is 3. The van der Waals surface area contributed by atoms with Gasteiger partial charge in [0.25, 0.3) is 0 Å². The summed E-state index contributed by atoms with van der Waals surface area (Å²) in [5, 5.41) is 33.5. The van der Waals surface area contributed by atoms with Crippen LogP contribution in [-0.4, -0.2) is 87.5 Å². The first-order valence-electron chi connectivity index (χ1n) is 14.9. The van der Waals surface area contributed by atoms with Gasteiger partial charge in [0.1, 0.15) is 5.76 Å². The minimum absolute atomic E-state index is 0.0784. The fraction of sp³-hybridized carbons (Fsp3) is 0.455. The van der Waals surface area contributed by atoms with Gasteiger partial charge >= 0.3 is 17.9 Å². The average Bonchev–Trinajstić information content (AvgIpc) is 3.37. The summed E-state index contributed by atoms with van der Waals surface area (Å²) in [6.45, 7) is 3.27. The largest absolute Gasteiger partial charge is 0.504 e. The minimum atomic E-state index is -2.00. The highest BCUT2D eigenvalue weighted by atomic mass is 16.6. The van der Waals surface area contributed by atoms with Gasteiger partial charge < -0.3 is 39.2 Å². The lowest BCUT2D eigenvalue weighted by atomic mass is 9.50. The Labute approximate surface area is 259 Å². The van der Waals surface area contributed by atoms with Gasteiger partial charge in [-0.05, 0) is 58.0 Å². The van der Waals surface area contributed by atoms with Crippen molar-refractivity contribution in [1.82, 2.24) is 4.90 Å². The maximum atomic E-state index is 13.1. The van der Waals surface area contributed by atoms with E-state index in [0.717, 1.165) is 11.1 Å². The molecule has 0 aromatic heterocycles. The molecule has 45 heavy (non-hydrogen) atoms. The summed E-state index contributed by atoms with van der Waals surface area (Å²) in [6, 6.07) is 11.1. The number of aliphatic hydroxyl groups is 2. The molecule has 0 unspecified atom stereocenters. The number of nitrogens with zero attached hydrogens (tertiary/aromatic N) is 1. The second-order valence-corrected chi connectivity index (χ2v) is 12.2. The van der Waals surface area contributed by atoms with E-state index in [1.54, 1.807) is 30.3 Å². The molecule has 1 fully saturated rings. The Balaban J connectivity index is 1.18. The van der Waals surface area contributed by atoms with Crippen molar-refractivity contribution in [2.24, 2.45) is 0 Å². The molecule has 6 rings (SSSR count). The van der Waals surface area contributed by atoms with Crippen LogP contribution in [0.25, 0.3) is 0 Å². The lowest BCUT2D eigenvalue weighted by Crippen LogP contribution is -2.74. The van der Waals surface area contributed by atoms with Crippen LogP contribution in [0.4, 0.5) is 0 Å². The summed E-state index contributed by atoms with van der Waals surface area (Å²) >= 11 is 0. The van der Waals surface area contributed by atoms with E-state index in [-0.39, 0.29) is 35.3 Å². The average molecular weight is 622 g/mol. The van der Waals surface area contributed by atoms with Crippen LogP contribution in [0.3, 0.4) is 0 Å². The number of likely N-dealkylation sites (N-methyl/N-ethyl adjacent to an activating group) is 1. The molecular formula is C33H35NO11. The molecule has 1 spiro atoms. The zero-order chi connectivity index (χ0) is 32.3. The number of benzene rings is 2. The Bertz CT molecular complexity index is 1590. The van der Waals surface area contributed by atoms with Crippen LogP contribution < -0.4 is 4.74 Å². The number of phenols is 1. The summed E-state index contributed by atoms with van der Waals surface area (Å²) in [7, 11) is 1.96. The normalized spacial score (nSPS) is 28.0. The summed E-state index contributed by atoms with van der Waals surface area (Å²) in [4.78, 5) is 52.5. The standard InChI is InChI=1S/C33H35NO11/c1-17(35)18(2)42-31(40)27(19-7-5-4-6-8-19)45-30(39)22(37)16-25(38)43-23-11-12-33(41)24-15-20-9-10-21(36)28-26(20)32(33,29(23)44-28)13-14-34(24)3/h4-11,18,22,24,27,29,36-37,41H,12-16H2,1-3H3/t18-,22-,24+,27-,29-,32-,33+/m0/s1. The number of hydrogen-bond donors (Lipinski definition) is 3.